The average molecular weight is 366 g/mol. The number of fused-ring (bicyclic) bond motifs is 1. The van der Waals surface area contributed by atoms with E-state index in [-0.39, 0.29) is 11.9 Å². The molecule has 0 amide bonds. The molecule has 1 atom stereocenters. The number of anilines is 2. The van der Waals surface area contributed by atoms with Crippen LogP contribution in [0.15, 0.2) is 42.6 Å². The van der Waals surface area contributed by atoms with Crippen molar-refractivity contribution in [1.82, 2.24) is 9.97 Å². The first-order valence-corrected chi connectivity index (χ1v) is 9.21. The zero-order chi connectivity index (χ0) is 18.8. The summed E-state index contributed by atoms with van der Waals surface area (Å²) < 4.78 is 19.3. The highest BCUT2D eigenvalue weighted by molar-refractivity contribution is 5.91. The highest BCUT2D eigenvalue weighted by Gasteiger charge is 2.18. The smallest absolute Gasteiger partial charge is 0.128 e. The number of aryl methyl sites for hydroxylation is 1. The van der Waals surface area contributed by atoms with Crippen LogP contribution in [0.4, 0.5) is 15.9 Å². The monoisotopic (exact) mass is 366 g/mol. The summed E-state index contributed by atoms with van der Waals surface area (Å²) >= 11 is 0. The van der Waals surface area contributed by atoms with Gasteiger partial charge in [0.1, 0.15) is 11.6 Å². The van der Waals surface area contributed by atoms with E-state index in [1.807, 2.05) is 25.3 Å². The van der Waals surface area contributed by atoms with Gasteiger partial charge in [-0.15, -0.1) is 0 Å². The first-order chi connectivity index (χ1) is 13.1. The van der Waals surface area contributed by atoms with Gasteiger partial charge in [0.15, 0.2) is 0 Å². The molecule has 140 valence electrons. The van der Waals surface area contributed by atoms with Crippen LogP contribution >= 0.6 is 0 Å². The Hall–Kier alpha value is -2.73. The third-order valence-corrected chi connectivity index (χ3v) is 4.76. The molecular weight excluding hydrogens is 343 g/mol. The Morgan fingerprint density at radius 1 is 1.26 bits per heavy atom. The summed E-state index contributed by atoms with van der Waals surface area (Å²) in [6.07, 6.45) is 2.05. The molecule has 1 fully saturated rings. The average Bonchev–Trinajstić information content (AvgIpc) is 2.67. The standard InChI is InChI=1S/C21H23FN4O/c1-14-9-20(18-11-17(22)3-4-19(18)25-14)24-12-16-5-6-23-21(10-16)26-7-8-27-15(2)13-26/h3-6,9-11,15H,7-8,12-13H2,1-2H3,(H,24,25). The van der Waals surface area contributed by atoms with E-state index >= 15 is 0 Å². The van der Waals surface area contributed by atoms with E-state index in [0.717, 1.165) is 53.4 Å². The number of nitrogens with one attached hydrogen (secondary N) is 1. The molecule has 1 saturated heterocycles. The van der Waals surface area contributed by atoms with Gasteiger partial charge in [-0.2, -0.15) is 0 Å². The van der Waals surface area contributed by atoms with E-state index in [1.54, 1.807) is 6.07 Å². The Balaban J connectivity index is 1.55. The van der Waals surface area contributed by atoms with E-state index in [2.05, 4.69) is 33.2 Å². The highest BCUT2D eigenvalue weighted by Crippen LogP contribution is 2.25. The van der Waals surface area contributed by atoms with Crippen LogP contribution < -0.4 is 10.2 Å². The molecule has 0 spiro atoms. The Labute approximate surface area is 158 Å². The number of rotatable bonds is 4. The summed E-state index contributed by atoms with van der Waals surface area (Å²) in [4.78, 5) is 11.2. The SMILES string of the molecule is Cc1cc(NCc2ccnc(N3CCOC(C)C3)c2)c2cc(F)ccc2n1. The number of morpholine rings is 1. The lowest BCUT2D eigenvalue weighted by Gasteiger charge is -2.32. The minimum Gasteiger partial charge on any atom is -0.380 e. The van der Waals surface area contributed by atoms with Gasteiger partial charge in [-0.3, -0.25) is 4.98 Å². The van der Waals surface area contributed by atoms with Crippen molar-refractivity contribution in [1.29, 1.82) is 0 Å². The van der Waals surface area contributed by atoms with Gasteiger partial charge in [0, 0.05) is 42.6 Å². The van der Waals surface area contributed by atoms with Crippen molar-refractivity contribution in [3.05, 3.63) is 59.7 Å². The van der Waals surface area contributed by atoms with Crippen molar-refractivity contribution in [3.63, 3.8) is 0 Å². The molecule has 0 saturated carbocycles. The predicted molar refractivity (Wildman–Crippen MR) is 106 cm³/mol. The van der Waals surface area contributed by atoms with Gasteiger partial charge in [-0.05, 0) is 55.8 Å². The lowest BCUT2D eigenvalue weighted by molar-refractivity contribution is 0.0529. The third kappa shape index (κ3) is 4.01. The predicted octanol–water partition coefficient (Wildman–Crippen LogP) is 3.91. The zero-order valence-corrected chi connectivity index (χ0v) is 15.6. The first kappa shape index (κ1) is 17.7. The van der Waals surface area contributed by atoms with Crippen LogP contribution in [0.5, 0.6) is 0 Å². The second kappa shape index (κ2) is 7.48. The highest BCUT2D eigenvalue weighted by atomic mass is 19.1. The summed E-state index contributed by atoms with van der Waals surface area (Å²) in [5.41, 5.74) is 3.69. The molecule has 1 aromatic carbocycles. The number of benzene rings is 1. The molecule has 6 heteroatoms. The van der Waals surface area contributed by atoms with Crippen LogP contribution in [0.3, 0.4) is 0 Å². The van der Waals surface area contributed by atoms with Crippen molar-refractivity contribution < 1.29 is 9.13 Å². The Bertz CT molecular complexity index is 962. The van der Waals surface area contributed by atoms with E-state index in [1.165, 1.54) is 12.1 Å². The van der Waals surface area contributed by atoms with E-state index in [9.17, 15) is 4.39 Å². The van der Waals surface area contributed by atoms with Crippen molar-refractivity contribution in [2.24, 2.45) is 0 Å². The van der Waals surface area contributed by atoms with Crippen molar-refractivity contribution in [3.8, 4) is 0 Å². The van der Waals surface area contributed by atoms with Gasteiger partial charge < -0.3 is 15.0 Å². The van der Waals surface area contributed by atoms with Gasteiger partial charge in [-0.1, -0.05) is 0 Å². The minimum absolute atomic E-state index is 0.211. The molecule has 1 aliphatic heterocycles. The number of nitrogens with zero attached hydrogens (tertiary/aromatic N) is 3. The summed E-state index contributed by atoms with van der Waals surface area (Å²) in [5, 5.41) is 4.22. The molecule has 5 nitrogen and oxygen atoms in total. The maximum Gasteiger partial charge on any atom is 0.128 e. The quantitative estimate of drug-likeness (QED) is 0.759. The second-order valence-electron chi connectivity index (χ2n) is 6.98. The minimum atomic E-state index is -0.260. The number of halogens is 1. The number of hydrogen-bond acceptors (Lipinski definition) is 5. The van der Waals surface area contributed by atoms with Crippen LogP contribution in [0, 0.1) is 12.7 Å². The van der Waals surface area contributed by atoms with Crippen LogP contribution in [-0.2, 0) is 11.3 Å². The fourth-order valence-electron chi connectivity index (χ4n) is 3.44. The molecule has 0 radical (unpaired) electrons. The van der Waals surface area contributed by atoms with Crippen molar-refractivity contribution >= 4 is 22.4 Å². The molecule has 1 aliphatic rings. The molecule has 0 bridgehead atoms. The van der Waals surface area contributed by atoms with Gasteiger partial charge in [0.2, 0.25) is 0 Å². The normalized spacial score (nSPS) is 17.3. The van der Waals surface area contributed by atoms with Crippen molar-refractivity contribution in [2.75, 3.05) is 29.9 Å². The lowest BCUT2D eigenvalue weighted by Crippen LogP contribution is -2.41. The molecule has 3 heterocycles. The maximum absolute atomic E-state index is 13.7. The molecule has 4 rings (SSSR count). The largest absolute Gasteiger partial charge is 0.380 e. The third-order valence-electron chi connectivity index (χ3n) is 4.76. The second-order valence-corrected chi connectivity index (χ2v) is 6.98. The van der Waals surface area contributed by atoms with Gasteiger partial charge in [-0.25, -0.2) is 9.37 Å². The fourth-order valence-corrected chi connectivity index (χ4v) is 3.44. The Morgan fingerprint density at radius 3 is 3.00 bits per heavy atom. The van der Waals surface area contributed by atoms with Gasteiger partial charge in [0.25, 0.3) is 0 Å². The first-order valence-electron chi connectivity index (χ1n) is 9.21. The van der Waals surface area contributed by atoms with E-state index < -0.39 is 0 Å². The molecule has 2 aromatic heterocycles. The fraction of sp³-hybridized carbons (Fsp3) is 0.333. The van der Waals surface area contributed by atoms with Crippen molar-refractivity contribution in [2.45, 2.75) is 26.5 Å². The molecule has 3 aromatic rings. The van der Waals surface area contributed by atoms with E-state index in [4.69, 9.17) is 4.74 Å². The number of ether oxygens (including phenoxy) is 1. The van der Waals surface area contributed by atoms with Crippen LogP contribution in [0.1, 0.15) is 18.2 Å². The topological polar surface area (TPSA) is 50.3 Å². The molecule has 1 unspecified atom stereocenters. The van der Waals surface area contributed by atoms with E-state index in [0.29, 0.717) is 6.54 Å². The summed E-state index contributed by atoms with van der Waals surface area (Å²) in [5.74, 6) is 0.704. The van der Waals surface area contributed by atoms with Crippen LogP contribution in [-0.4, -0.2) is 35.8 Å². The van der Waals surface area contributed by atoms with Crippen LogP contribution in [0.2, 0.25) is 0 Å². The molecule has 1 N–H and O–H groups in total. The molecule has 0 aliphatic carbocycles. The number of hydrogen-bond donors (Lipinski definition) is 1. The zero-order valence-electron chi connectivity index (χ0n) is 15.6. The summed E-state index contributed by atoms with van der Waals surface area (Å²) in [6, 6.07) is 10.7. The summed E-state index contributed by atoms with van der Waals surface area (Å²) in [7, 11) is 0. The van der Waals surface area contributed by atoms with Gasteiger partial charge >= 0.3 is 0 Å². The number of pyridine rings is 2. The maximum atomic E-state index is 13.7. The molecule has 27 heavy (non-hydrogen) atoms. The Kier molecular flexibility index (Phi) is 4.90. The Morgan fingerprint density at radius 2 is 2.15 bits per heavy atom. The summed E-state index contributed by atoms with van der Waals surface area (Å²) in [6.45, 7) is 7.06. The molecular formula is C21H23FN4O. The number of aromatic nitrogens is 2. The van der Waals surface area contributed by atoms with Gasteiger partial charge in [0.05, 0.1) is 18.2 Å². The van der Waals surface area contributed by atoms with Crippen LogP contribution in [0.25, 0.3) is 10.9 Å². The lowest BCUT2D eigenvalue weighted by atomic mass is 10.1.